The zero-order chi connectivity index (χ0) is 17.1. The molecular formula is C17H25BrN4O2. The van der Waals surface area contributed by atoms with Crippen LogP contribution in [0.3, 0.4) is 0 Å². The molecule has 132 valence electrons. The van der Waals surface area contributed by atoms with Crippen molar-refractivity contribution in [3.05, 3.63) is 22.9 Å². The maximum atomic E-state index is 12.6. The molecule has 24 heavy (non-hydrogen) atoms. The third-order valence-corrected chi connectivity index (χ3v) is 4.99. The molecule has 0 aromatic carbocycles. The Morgan fingerprint density at radius 1 is 1.38 bits per heavy atom. The van der Waals surface area contributed by atoms with E-state index in [4.69, 9.17) is 4.74 Å². The fourth-order valence-electron chi connectivity index (χ4n) is 3.70. The Balaban J connectivity index is 1.59. The first-order valence-electron chi connectivity index (χ1n) is 8.57. The van der Waals surface area contributed by atoms with Gasteiger partial charge in [-0.2, -0.15) is 0 Å². The summed E-state index contributed by atoms with van der Waals surface area (Å²) in [7, 11) is 0. The fourth-order valence-corrected chi connectivity index (χ4v) is 4.06. The van der Waals surface area contributed by atoms with E-state index >= 15 is 0 Å². The summed E-state index contributed by atoms with van der Waals surface area (Å²) < 4.78 is 6.66. The lowest BCUT2D eigenvalue weighted by atomic mass is 10.1. The molecule has 2 saturated heterocycles. The number of halogens is 1. The second-order valence-corrected chi connectivity index (χ2v) is 7.70. The summed E-state index contributed by atoms with van der Waals surface area (Å²) in [6.07, 6.45) is 6.00. The lowest BCUT2D eigenvalue weighted by molar-refractivity contribution is -0.0712. The Labute approximate surface area is 151 Å². The van der Waals surface area contributed by atoms with Crippen molar-refractivity contribution in [2.24, 2.45) is 0 Å². The Morgan fingerprint density at radius 3 is 2.83 bits per heavy atom. The second-order valence-electron chi connectivity index (χ2n) is 6.79. The van der Waals surface area contributed by atoms with Crippen molar-refractivity contribution in [2.75, 3.05) is 31.5 Å². The normalized spacial score (nSPS) is 28.1. The van der Waals surface area contributed by atoms with Crippen LogP contribution in [0.15, 0.2) is 22.9 Å². The minimum atomic E-state index is -0.0354. The SMILES string of the molecule is C[C@@H]1CN(C[C@@H]2CCCN2C(=O)Nc2cncc(Br)c2)C[C@H](C)O1. The van der Waals surface area contributed by atoms with Gasteiger partial charge < -0.3 is 15.0 Å². The van der Waals surface area contributed by atoms with Gasteiger partial charge in [0.25, 0.3) is 0 Å². The average Bonchev–Trinajstić information content (AvgIpc) is 2.94. The molecule has 2 aliphatic heterocycles. The number of morpholine rings is 1. The van der Waals surface area contributed by atoms with Crippen molar-refractivity contribution in [3.63, 3.8) is 0 Å². The molecule has 7 heteroatoms. The molecule has 2 amide bonds. The summed E-state index contributed by atoms with van der Waals surface area (Å²) in [4.78, 5) is 21.1. The number of ether oxygens (including phenoxy) is 1. The molecule has 6 nitrogen and oxygen atoms in total. The average molecular weight is 397 g/mol. The van der Waals surface area contributed by atoms with E-state index in [1.165, 1.54) is 0 Å². The number of carbonyl (C=O) groups excluding carboxylic acids is 1. The van der Waals surface area contributed by atoms with Crippen molar-refractivity contribution in [2.45, 2.75) is 44.9 Å². The molecule has 3 atom stereocenters. The van der Waals surface area contributed by atoms with Crippen LogP contribution in [-0.2, 0) is 4.74 Å². The van der Waals surface area contributed by atoms with Crippen LogP contribution in [0.5, 0.6) is 0 Å². The highest BCUT2D eigenvalue weighted by Crippen LogP contribution is 2.22. The first kappa shape index (κ1) is 17.6. The molecule has 1 N–H and O–H groups in total. The highest BCUT2D eigenvalue weighted by Gasteiger charge is 2.32. The standard InChI is InChI=1S/C17H25BrN4O2/c1-12-9-21(10-13(2)24-12)11-16-4-3-5-22(16)17(23)20-15-6-14(18)7-19-8-15/h6-8,12-13,16H,3-5,9-11H2,1-2H3,(H,20,23)/t12-,13+,16-/m0/s1. The zero-order valence-electron chi connectivity index (χ0n) is 14.2. The zero-order valence-corrected chi connectivity index (χ0v) is 15.8. The van der Waals surface area contributed by atoms with Gasteiger partial charge in [0.1, 0.15) is 0 Å². The lowest BCUT2D eigenvalue weighted by Gasteiger charge is -2.38. The van der Waals surface area contributed by atoms with Gasteiger partial charge in [-0.15, -0.1) is 0 Å². The number of amides is 2. The number of hydrogen-bond donors (Lipinski definition) is 1. The quantitative estimate of drug-likeness (QED) is 0.852. The topological polar surface area (TPSA) is 57.7 Å². The summed E-state index contributed by atoms with van der Waals surface area (Å²) in [6, 6.07) is 2.09. The largest absolute Gasteiger partial charge is 0.373 e. The molecule has 0 radical (unpaired) electrons. The fraction of sp³-hybridized carbons (Fsp3) is 0.647. The molecule has 1 aromatic heterocycles. The third kappa shape index (κ3) is 4.46. The van der Waals surface area contributed by atoms with Gasteiger partial charge in [-0.25, -0.2) is 4.79 Å². The van der Waals surface area contributed by atoms with E-state index in [2.05, 4.69) is 45.0 Å². The smallest absolute Gasteiger partial charge is 0.322 e. The second kappa shape index (κ2) is 7.80. The van der Waals surface area contributed by atoms with Gasteiger partial charge in [0, 0.05) is 42.9 Å². The number of anilines is 1. The number of pyridine rings is 1. The highest BCUT2D eigenvalue weighted by molar-refractivity contribution is 9.10. The Kier molecular flexibility index (Phi) is 5.73. The van der Waals surface area contributed by atoms with E-state index in [0.717, 1.165) is 43.5 Å². The van der Waals surface area contributed by atoms with Crippen LogP contribution in [0.25, 0.3) is 0 Å². The maximum absolute atomic E-state index is 12.6. The van der Waals surface area contributed by atoms with Gasteiger partial charge in [0.15, 0.2) is 0 Å². The van der Waals surface area contributed by atoms with Crippen LogP contribution in [0.2, 0.25) is 0 Å². The number of carbonyl (C=O) groups is 1. The van der Waals surface area contributed by atoms with Crippen molar-refractivity contribution >= 4 is 27.6 Å². The van der Waals surface area contributed by atoms with Gasteiger partial charge in [0.05, 0.1) is 24.1 Å². The van der Waals surface area contributed by atoms with E-state index in [1.807, 2.05) is 11.0 Å². The van der Waals surface area contributed by atoms with Crippen LogP contribution in [0.4, 0.5) is 10.5 Å². The first-order chi connectivity index (χ1) is 11.5. The van der Waals surface area contributed by atoms with Crippen LogP contribution in [-0.4, -0.2) is 65.2 Å². The van der Waals surface area contributed by atoms with Gasteiger partial charge in [-0.1, -0.05) is 0 Å². The monoisotopic (exact) mass is 396 g/mol. The van der Waals surface area contributed by atoms with E-state index in [-0.39, 0.29) is 24.3 Å². The summed E-state index contributed by atoms with van der Waals surface area (Å²) in [6.45, 7) is 7.83. The molecule has 0 saturated carbocycles. The van der Waals surface area contributed by atoms with E-state index in [1.54, 1.807) is 12.4 Å². The summed E-state index contributed by atoms with van der Waals surface area (Å²) in [5.74, 6) is 0. The minimum absolute atomic E-state index is 0.0354. The molecular weight excluding hydrogens is 372 g/mol. The number of hydrogen-bond acceptors (Lipinski definition) is 4. The molecule has 1 aromatic rings. The molecule has 0 spiro atoms. The predicted molar refractivity (Wildman–Crippen MR) is 97.1 cm³/mol. The highest BCUT2D eigenvalue weighted by atomic mass is 79.9. The molecule has 3 rings (SSSR count). The number of urea groups is 1. The summed E-state index contributed by atoms with van der Waals surface area (Å²) in [5.41, 5.74) is 0.716. The third-order valence-electron chi connectivity index (χ3n) is 4.56. The van der Waals surface area contributed by atoms with Crippen molar-refractivity contribution in [3.8, 4) is 0 Å². The van der Waals surface area contributed by atoms with Gasteiger partial charge in [0.2, 0.25) is 0 Å². The molecule has 2 fully saturated rings. The number of nitrogens with zero attached hydrogens (tertiary/aromatic N) is 3. The van der Waals surface area contributed by atoms with Gasteiger partial charge in [-0.05, 0) is 48.7 Å². The number of aromatic nitrogens is 1. The van der Waals surface area contributed by atoms with Gasteiger partial charge in [-0.3, -0.25) is 9.88 Å². The lowest BCUT2D eigenvalue weighted by Crippen LogP contribution is -2.51. The first-order valence-corrected chi connectivity index (χ1v) is 9.36. The number of likely N-dealkylation sites (tertiary alicyclic amines) is 1. The Hall–Kier alpha value is -1.18. The van der Waals surface area contributed by atoms with Crippen molar-refractivity contribution in [1.29, 1.82) is 0 Å². The van der Waals surface area contributed by atoms with Crippen LogP contribution in [0.1, 0.15) is 26.7 Å². The molecule has 3 heterocycles. The van der Waals surface area contributed by atoms with Crippen LogP contribution in [0, 0.1) is 0 Å². The van der Waals surface area contributed by atoms with Crippen molar-refractivity contribution in [1.82, 2.24) is 14.8 Å². The van der Waals surface area contributed by atoms with Gasteiger partial charge >= 0.3 is 6.03 Å². The number of nitrogens with one attached hydrogen (secondary N) is 1. The minimum Gasteiger partial charge on any atom is -0.373 e. The maximum Gasteiger partial charge on any atom is 0.322 e. The van der Waals surface area contributed by atoms with E-state index in [9.17, 15) is 4.79 Å². The molecule has 0 aliphatic carbocycles. The molecule has 0 bridgehead atoms. The van der Waals surface area contributed by atoms with Crippen LogP contribution >= 0.6 is 15.9 Å². The van der Waals surface area contributed by atoms with E-state index < -0.39 is 0 Å². The Bertz CT molecular complexity index is 575. The predicted octanol–water partition coefficient (Wildman–Crippen LogP) is 2.95. The summed E-state index contributed by atoms with van der Waals surface area (Å²) >= 11 is 3.38. The molecule has 0 unspecified atom stereocenters. The summed E-state index contributed by atoms with van der Waals surface area (Å²) in [5, 5.41) is 2.96. The molecule has 2 aliphatic rings. The van der Waals surface area contributed by atoms with E-state index in [0.29, 0.717) is 5.69 Å². The van der Waals surface area contributed by atoms with Crippen LogP contribution < -0.4 is 5.32 Å². The van der Waals surface area contributed by atoms with Crippen molar-refractivity contribution < 1.29 is 9.53 Å². The number of rotatable bonds is 3. The Morgan fingerprint density at radius 2 is 2.12 bits per heavy atom.